The molecule has 1 saturated heterocycles. The van der Waals surface area contributed by atoms with Gasteiger partial charge in [-0.25, -0.2) is 0 Å². The lowest BCUT2D eigenvalue weighted by atomic mass is 10.1. The molecule has 1 N–H and O–H groups in total. The number of rotatable bonds is 5. The molecule has 1 atom stereocenters. The van der Waals surface area contributed by atoms with E-state index >= 15 is 0 Å². The average Bonchev–Trinajstić information content (AvgIpc) is 2.18. The molecule has 3 heteroatoms. The van der Waals surface area contributed by atoms with Crippen molar-refractivity contribution in [3.8, 4) is 0 Å². The zero-order valence-corrected chi connectivity index (χ0v) is 9.75. The first-order valence-electron chi connectivity index (χ1n) is 5.72. The van der Waals surface area contributed by atoms with E-state index in [1.807, 2.05) is 0 Å². The lowest BCUT2D eigenvalue weighted by Crippen LogP contribution is -2.45. The summed E-state index contributed by atoms with van der Waals surface area (Å²) in [7, 11) is 2.20. The van der Waals surface area contributed by atoms with Crippen LogP contribution >= 0.6 is 0 Å². The Morgan fingerprint density at radius 3 is 2.86 bits per heavy atom. The first-order chi connectivity index (χ1) is 6.70. The van der Waals surface area contributed by atoms with Crippen molar-refractivity contribution in [1.29, 1.82) is 0 Å². The Labute approximate surface area is 87.8 Å². The molecule has 0 spiro atoms. The van der Waals surface area contributed by atoms with Crippen LogP contribution in [-0.2, 0) is 4.74 Å². The molecule has 0 amide bonds. The number of hydrogen-bond donors (Lipinski definition) is 1. The smallest absolute Gasteiger partial charge is 0.0596 e. The molecule has 1 unspecified atom stereocenters. The van der Waals surface area contributed by atoms with E-state index in [0.717, 1.165) is 19.7 Å². The van der Waals surface area contributed by atoms with E-state index in [4.69, 9.17) is 4.74 Å². The fourth-order valence-corrected chi connectivity index (χ4v) is 1.82. The number of nitrogens with one attached hydrogen (secondary N) is 1. The summed E-state index contributed by atoms with van der Waals surface area (Å²) >= 11 is 0. The van der Waals surface area contributed by atoms with Crippen LogP contribution in [0, 0.1) is 0 Å². The maximum Gasteiger partial charge on any atom is 0.0596 e. The fraction of sp³-hybridized carbons (Fsp3) is 1.00. The second-order valence-electron chi connectivity index (χ2n) is 4.40. The third-order valence-corrected chi connectivity index (χ3v) is 2.79. The first kappa shape index (κ1) is 12.0. The van der Waals surface area contributed by atoms with Gasteiger partial charge in [0.1, 0.15) is 0 Å². The molecule has 3 nitrogen and oxygen atoms in total. The summed E-state index contributed by atoms with van der Waals surface area (Å²) in [6, 6.07) is 0.708. The number of likely N-dealkylation sites (N-methyl/N-ethyl adjacent to an activating group) is 1. The van der Waals surface area contributed by atoms with Gasteiger partial charge in [-0.3, -0.25) is 4.90 Å². The van der Waals surface area contributed by atoms with Crippen molar-refractivity contribution in [2.24, 2.45) is 0 Å². The standard InChI is InChI=1S/C11H24N2O/c1-10(2)14-8-7-13(3)11-5-4-6-12-9-11/h10-12H,4-9H2,1-3H3. The van der Waals surface area contributed by atoms with Crippen molar-refractivity contribution < 1.29 is 4.74 Å². The van der Waals surface area contributed by atoms with Crippen LogP contribution in [0.5, 0.6) is 0 Å². The quantitative estimate of drug-likeness (QED) is 0.719. The minimum absolute atomic E-state index is 0.355. The van der Waals surface area contributed by atoms with Gasteiger partial charge >= 0.3 is 0 Å². The van der Waals surface area contributed by atoms with Crippen LogP contribution in [-0.4, -0.2) is 50.3 Å². The summed E-state index contributed by atoms with van der Waals surface area (Å²) < 4.78 is 5.54. The van der Waals surface area contributed by atoms with Gasteiger partial charge in [-0.1, -0.05) is 0 Å². The van der Waals surface area contributed by atoms with Gasteiger partial charge in [0.2, 0.25) is 0 Å². The molecule has 1 aliphatic rings. The highest BCUT2D eigenvalue weighted by Gasteiger charge is 2.16. The minimum Gasteiger partial charge on any atom is -0.377 e. The molecule has 1 fully saturated rings. The maximum atomic E-state index is 5.54. The highest BCUT2D eigenvalue weighted by atomic mass is 16.5. The van der Waals surface area contributed by atoms with Crippen molar-refractivity contribution in [1.82, 2.24) is 10.2 Å². The highest BCUT2D eigenvalue weighted by Crippen LogP contribution is 2.07. The van der Waals surface area contributed by atoms with Crippen LogP contribution in [0.15, 0.2) is 0 Å². The summed E-state index contributed by atoms with van der Waals surface area (Å²) in [5.41, 5.74) is 0. The molecule has 1 rings (SSSR count). The SMILES string of the molecule is CC(C)OCCN(C)C1CCCNC1. The summed E-state index contributed by atoms with van der Waals surface area (Å²) in [4.78, 5) is 2.41. The van der Waals surface area contributed by atoms with E-state index in [9.17, 15) is 0 Å². The molecular weight excluding hydrogens is 176 g/mol. The molecule has 0 bridgehead atoms. The topological polar surface area (TPSA) is 24.5 Å². The van der Waals surface area contributed by atoms with Gasteiger partial charge in [0.15, 0.2) is 0 Å². The number of piperidine rings is 1. The van der Waals surface area contributed by atoms with Gasteiger partial charge in [0, 0.05) is 19.1 Å². The van der Waals surface area contributed by atoms with E-state index in [1.165, 1.54) is 19.4 Å². The second kappa shape index (κ2) is 6.38. The van der Waals surface area contributed by atoms with Crippen LogP contribution < -0.4 is 5.32 Å². The van der Waals surface area contributed by atoms with E-state index in [1.54, 1.807) is 0 Å². The molecule has 0 radical (unpaired) electrons. The van der Waals surface area contributed by atoms with Crippen molar-refractivity contribution in [2.75, 3.05) is 33.3 Å². The third kappa shape index (κ3) is 4.40. The molecular formula is C11H24N2O. The molecule has 1 aliphatic heterocycles. The zero-order valence-electron chi connectivity index (χ0n) is 9.75. The van der Waals surface area contributed by atoms with E-state index < -0.39 is 0 Å². The number of ether oxygens (including phenoxy) is 1. The monoisotopic (exact) mass is 200 g/mol. The third-order valence-electron chi connectivity index (χ3n) is 2.79. The predicted octanol–water partition coefficient (Wildman–Crippen LogP) is 1.10. The Morgan fingerprint density at radius 2 is 2.29 bits per heavy atom. The van der Waals surface area contributed by atoms with E-state index in [0.29, 0.717) is 12.1 Å². The average molecular weight is 200 g/mol. The van der Waals surface area contributed by atoms with Gasteiger partial charge in [-0.2, -0.15) is 0 Å². The van der Waals surface area contributed by atoms with Gasteiger partial charge in [-0.15, -0.1) is 0 Å². The molecule has 1 heterocycles. The number of hydrogen-bond acceptors (Lipinski definition) is 3. The van der Waals surface area contributed by atoms with Crippen LogP contribution in [0.1, 0.15) is 26.7 Å². The summed E-state index contributed by atoms with van der Waals surface area (Å²) in [5, 5.41) is 3.43. The van der Waals surface area contributed by atoms with E-state index in [2.05, 4.69) is 31.1 Å². The summed E-state index contributed by atoms with van der Waals surface area (Å²) in [6.45, 7) is 8.39. The van der Waals surface area contributed by atoms with Crippen molar-refractivity contribution in [2.45, 2.75) is 38.8 Å². The second-order valence-corrected chi connectivity index (χ2v) is 4.40. The van der Waals surface area contributed by atoms with Crippen LogP contribution in [0.2, 0.25) is 0 Å². The fourth-order valence-electron chi connectivity index (χ4n) is 1.82. The Hall–Kier alpha value is -0.120. The molecule has 14 heavy (non-hydrogen) atoms. The van der Waals surface area contributed by atoms with Crippen LogP contribution in [0.3, 0.4) is 0 Å². The molecule has 0 aromatic carbocycles. The molecule has 84 valence electrons. The van der Waals surface area contributed by atoms with Crippen molar-refractivity contribution in [3.05, 3.63) is 0 Å². The Balaban J connectivity index is 2.10. The first-order valence-corrected chi connectivity index (χ1v) is 5.72. The Bertz CT molecular complexity index is 144. The minimum atomic E-state index is 0.355. The van der Waals surface area contributed by atoms with Crippen molar-refractivity contribution in [3.63, 3.8) is 0 Å². The Morgan fingerprint density at radius 1 is 1.50 bits per heavy atom. The molecule has 0 aromatic rings. The normalized spacial score (nSPS) is 23.4. The van der Waals surface area contributed by atoms with Gasteiger partial charge in [0.25, 0.3) is 0 Å². The van der Waals surface area contributed by atoms with Gasteiger partial charge < -0.3 is 10.1 Å². The van der Waals surface area contributed by atoms with Crippen LogP contribution in [0.4, 0.5) is 0 Å². The molecule has 0 saturated carbocycles. The Kier molecular flexibility index (Phi) is 5.45. The van der Waals surface area contributed by atoms with Crippen LogP contribution in [0.25, 0.3) is 0 Å². The summed E-state index contributed by atoms with van der Waals surface area (Å²) in [5.74, 6) is 0. The lowest BCUT2D eigenvalue weighted by molar-refractivity contribution is 0.0531. The predicted molar refractivity (Wildman–Crippen MR) is 59.6 cm³/mol. The number of nitrogens with zero attached hydrogens (tertiary/aromatic N) is 1. The highest BCUT2D eigenvalue weighted by molar-refractivity contribution is 4.76. The van der Waals surface area contributed by atoms with Gasteiger partial charge in [0.05, 0.1) is 12.7 Å². The van der Waals surface area contributed by atoms with Gasteiger partial charge in [-0.05, 0) is 40.3 Å². The summed E-state index contributed by atoms with van der Waals surface area (Å²) in [6.07, 6.45) is 2.98. The van der Waals surface area contributed by atoms with E-state index in [-0.39, 0.29) is 0 Å². The molecule has 0 aliphatic carbocycles. The maximum absolute atomic E-state index is 5.54. The molecule has 0 aromatic heterocycles. The largest absolute Gasteiger partial charge is 0.377 e. The zero-order chi connectivity index (χ0) is 10.4. The lowest BCUT2D eigenvalue weighted by Gasteiger charge is -2.31. The van der Waals surface area contributed by atoms with Crippen molar-refractivity contribution >= 4 is 0 Å².